The van der Waals surface area contributed by atoms with Gasteiger partial charge in [-0.15, -0.1) is 0 Å². The van der Waals surface area contributed by atoms with Crippen molar-refractivity contribution in [2.24, 2.45) is 0 Å². The molecule has 0 heterocycles. The van der Waals surface area contributed by atoms with E-state index in [1.54, 1.807) is 0 Å². The fraction of sp³-hybridized carbons (Fsp3) is 0.600. The normalized spacial score (nSPS) is 10.8. The molecular weight excluding hydrogens is 242 g/mol. The topological polar surface area (TPSA) is 39.7 Å². The third-order valence-electron chi connectivity index (χ3n) is 2.54. The molecule has 4 heteroatoms. The minimum atomic E-state index is 0.631. The highest BCUT2D eigenvalue weighted by Crippen LogP contribution is 1.96. The van der Waals surface area contributed by atoms with E-state index in [0.29, 0.717) is 33.0 Å². The Morgan fingerprint density at radius 3 is 2.16 bits per heavy atom. The van der Waals surface area contributed by atoms with Crippen LogP contribution in [0, 0.1) is 0 Å². The van der Waals surface area contributed by atoms with Crippen LogP contribution >= 0.6 is 0 Å². The van der Waals surface area contributed by atoms with E-state index in [1.165, 1.54) is 5.56 Å². The first-order chi connectivity index (χ1) is 9.43. The lowest BCUT2D eigenvalue weighted by Gasteiger charge is -2.07. The van der Waals surface area contributed by atoms with Gasteiger partial charge in [0, 0.05) is 19.7 Å². The Labute approximate surface area is 116 Å². The Balaban J connectivity index is 1.79. The predicted molar refractivity (Wildman–Crippen MR) is 76.3 cm³/mol. The highest BCUT2D eigenvalue weighted by atomic mass is 16.5. The first-order valence-electron chi connectivity index (χ1n) is 6.91. The Morgan fingerprint density at radius 1 is 0.842 bits per heavy atom. The van der Waals surface area contributed by atoms with Crippen LogP contribution in [0.2, 0.25) is 0 Å². The summed E-state index contributed by atoms with van der Waals surface area (Å²) >= 11 is 0. The second kappa shape index (κ2) is 12.1. The Hall–Kier alpha value is -0.940. The van der Waals surface area contributed by atoms with Gasteiger partial charge in [-0.25, -0.2) is 0 Å². The molecule has 108 valence electrons. The van der Waals surface area contributed by atoms with Gasteiger partial charge in [-0.1, -0.05) is 30.3 Å². The fourth-order valence-corrected chi connectivity index (χ4v) is 1.56. The minimum Gasteiger partial charge on any atom is -0.379 e. The average Bonchev–Trinajstić information content (AvgIpc) is 2.46. The average molecular weight is 267 g/mol. The van der Waals surface area contributed by atoms with Gasteiger partial charge in [0.2, 0.25) is 0 Å². The largest absolute Gasteiger partial charge is 0.379 e. The summed E-state index contributed by atoms with van der Waals surface area (Å²) in [5.41, 5.74) is 1.29. The lowest BCUT2D eigenvalue weighted by atomic mass is 10.2. The lowest BCUT2D eigenvalue weighted by Crippen LogP contribution is -2.20. The van der Waals surface area contributed by atoms with Crippen LogP contribution in [0.25, 0.3) is 0 Å². The number of ether oxygens (including phenoxy) is 3. The maximum Gasteiger partial charge on any atom is 0.0701 e. The van der Waals surface area contributed by atoms with Gasteiger partial charge in [-0.3, -0.25) is 0 Å². The summed E-state index contributed by atoms with van der Waals surface area (Å²) in [6, 6.07) is 10.3. The Bertz CT molecular complexity index is 293. The second-order valence-corrected chi connectivity index (χ2v) is 4.08. The van der Waals surface area contributed by atoms with Crippen LogP contribution in [0.3, 0.4) is 0 Å². The quantitative estimate of drug-likeness (QED) is 0.587. The molecule has 4 nitrogen and oxygen atoms in total. The van der Waals surface area contributed by atoms with E-state index in [4.69, 9.17) is 14.2 Å². The summed E-state index contributed by atoms with van der Waals surface area (Å²) in [7, 11) is 0. The zero-order valence-corrected chi connectivity index (χ0v) is 11.8. The molecule has 0 saturated heterocycles. The molecule has 1 N–H and O–H groups in total. The smallest absolute Gasteiger partial charge is 0.0701 e. The van der Waals surface area contributed by atoms with Crippen LogP contribution in [0.15, 0.2) is 30.3 Å². The van der Waals surface area contributed by atoms with Crippen molar-refractivity contribution in [3.05, 3.63) is 35.9 Å². The van der Waals surface area contributed by atoms with Crippen LogP contribution in [0.4, 0.5) is 0 Å². The minimum absolute atomic E-state index is 0.631. The van der Waals surface area contributed by atoms with Crippen molar-refractivity contribution in [3.63, 3.8) is 0 Å². The number of benzene rings is 1. The molecule has 0 aromatic heterocycles. The maximum atomic E-state index is 5.45. The molecule has 0 bridgehead atoms. The highest BCUT2D eigenvalue weighted by Gasteiger charge is 1.92. The van der Waals surface area contributed by atoms with E-state index < -0.39 is 0 Å². The van der Waals surface area contributed by atoms with Crippen molar-refractivity contribution in [2.45, 2.75) is 13.5 Å². The molecule has 19 heavy (non-hydrogen) atoms. The molecule has 1 aromatic carbocycles. The van der Waals surface area contributed by atoms with Crippen molar-refractivity contribution < 1.29 is 14.2 Å². The van der Waals surface area contributed by atoms with Gasteiger partial charge < -0.3 is 19.5 Å². The first-order valence-corrected chi connectivity index (χ1v) is 6.91. The molecule has 0 aliphatic carbocycles. The third kappa shape index (κ3) is 9.62. The van der Waals surface area contributed by atoms with E-state index in [2.05, 4.69) is 17.4 Å². The molecule has 0 saturated carbocycles. The zero-order valence-electron chi connectivity index (χ0n) is 11.8. The summed E-state index contributed by atoms with van der Waals surface area (Å²) in [4.78, 5) is 0. The van der Waals surface area contributed by atoms with Gasteiger partial charge >= 0.3 is 0 Å². The number of nitrogens with one attached hydrogen (secondary N) is 1. The van der Waals surface area contributed by atoms with E-state index in [0.717, 1.165) is 19.7 Å². The van der Waals surface area contributed by atoms with E-state index in [-0.39, 0.29) is 0 Å². The molecule has 0 radical (unpaired) electrons. The first kappa shape index (κ1) is 16.1. The van der Waals surface area contributed by atoms with Crippen molar-refractivity contribution in [3.8, 4) is 0 Å². The fourth-order valence-electron chi connectivity index (χ4n) is 1.56. The van der Waals surface area contributed by atoms with Gasteiger partial charge in [0.15, 0.2) is 0 Å². The summed E-state index contributed by atoms with van der Waals surface area (Å²) in [6.07, 6.45) is 0. The number of hydrogen-bond acceptors (Lipinski definition) is 4. The SMILES string of the molecule is CCOCCOCCOCCNCc1ccccc1. The third-order valence-corrected chi connectivity index (χ3v) is 2.54. The predicted octanol–water partition coefficient (Wildman–Crippen LogP) is 1.85. The summed E-state index contributed by atoms with van der Waals surface area (Å²) < 4.78 is 16.0. The molecule has 0 aliphatic rings. The Morgan fingerprint density at radius 2 is 1.47 bits per heavy atom. The van der Waals surface area contributed by atoms with Crippen molar-refractivity contribution in [1.29, 1.82) is 0 Å². The molecule has 1 rings (SSSR count). The molecule has 0 amide bonds. The van der Waals surface area contributed by atoms with Gasteiger partial charge in [0.05, 0.1) is 33.0 Å². The lowest BCUT2D eigenvalue weighted by molar-refractivity contribution is 0.0175. The van der Waals surface area contributed by atoms with Crippen LogP contribution in [0.5, 0.6) is 0 Å². The molecule has 0 spiro atoms. The van der Waals surface area contributed by atoms with Gasteiger partial charge in [0.25, 0.3) is 0 Å². The van der Waals surface area contributed by atoms with Crippen LogP contribution in [-0.4, -0.2) is 46.2 Å². The maximum absolute atomic E-state index is 5.45. The van der Waals surface area contributed by atoms with Crippen molar-refractivity contribution >= 4 is 0 Å². The summed E-state index contributed by atoms with van der Waals surface area (Å²) in [6.45, 7) is 7.74. The molecule has 0 unspecified atom stereocenters. The van der Waals surface area contributed by atoms with E-state index in [1.807, 2.05) is 25.1 Å². The summed E-state index contributed by atoms with van der Waals surface area (Å²) in [5.74, 6) is 0. The summed E-state index contributed by atoms with van der Waals surface area (Å²) in [5, 5.41) is 3.33. The van der Waals surface area contributed by atoms with Crippen molar-refractivity contribution in [1.82, 2.24) is 5.32 Å². The van der Waals surface area contributed by atoms with Crippen molar-refractivity contribution in [2.75, 3.05) is 46.2 Å². The monoisotopic (exact) mass is 267 g/mol. The number of rotatable bonds is 12. The molecule has 1 aromatic rings. The number of hydrogen-bond donors (Lipinski definition) is 1. The van der Waals surface area contributed by atoms with Gasteiger partial charge in [-0.05, 0) is 12.5 Å². The standard InChI is InChI=1S/C15H25NO3/c1-2-17-10-11-19-13-12-18-9-8-16-14-15-6-4-3-5-7-15/h3-7,16H,2,8-14H2,1H3. The van der Waals surface area contributed by atoms with E-state index >= 15 is 0 Å². The van der Waals surface area contributed by atoms with Gasteiger partial charge in [0.1, 0.15) is 0 Å². The molecule has 0 fully saturated rings. The Kier molecular flexibility index (Phi) is 10.3. The van der Waals surface area contributed by atoms with Crippen LogP contribution < -0.4 is 5.32 Å². The van der Waals surface area contributed by atoms with Crippen LogP contribution in [-0.2, 0) is 20.8 Å². The van der Waals surface area contributed by atoms with Gasteiger partial charge in [-0.2, -0.15) is 0 Å². The molecule has 0 aliphatic heterocycles. The molecule has 0 atom stereocenters. The highest BCUT2D eigenvalue weighted by molar-refractivity contribution is 5.14. The zero-order chi connectivity index (χ0) is 13.6. The second-order valence-electron chi connectivity index (χ2n) is 4.08. The van der Waals surface area contributed by atoms with Crippen LogP contribution in [0.1, 0.15) is 12.5 Å². The molecular formula is C15H25NO3. The van der Waals surface area contributed by atoms with E-state index in [9.17, 15) is 0 Å².